The standard InChI is InChI=1S/C20H26F3N5OS/c1-19(2,3)15-8-17-25-13(7-16(20(21,22)23)28(17)26-15)12-5-4-6-27(9-12)18(29)14-10-30-11-24-14/h8,10-13,16,25H,4-7,9H2,1-3H3/t12?,13-,16+/m0/s1. The second kappa shape index (κ2) is 7.55. The first-order valence-electron chi connectivity index (χ1n) is 10.1. The molecule has 4 heterocycles. The lowest BCUT2D eigenvalue weighted by molar-refractivity contribution is -0.174. The minimum Gasteiger partial charge on any atom is -0.367 e. The minimum atomic E-state index is -4.39. The van der Waals surface area contributed by atoms with Crippen molar-refractivity contribution < 1.29 is 18.0 Å². The van der Waals surface area contributed by atoms with Gasteiger partial charge in [0.15, 0.2) is 6.04 Å². The number of nitrogens with one attached hydrogen (secondary N) is 1. The van der Waals surface area contributed by atoms with Gasteiger partial charge in [-0.25, -0.2) is 9.67 Å². The fourth-order valence-corrected chi connectivity index (χ4v) is 4.81. The molecule has 2 aromatic rings. The normalized spacial score (nSPS) is 25.0. The van der Waals surface area contributed by atoms with Crippen molar-refractivity contribution in [2.24, 2.45) is 5.92 Å². The molecule has 1 amide bonds. The summed E-state index contributed by atoms with van der Waals surface area (Å²) in [7, 11) is 0. The Morgan fingerprint density at radius 3 is 2.70 bits per heavy atom. The number of carbonyl (C=O) groups is 1. The highest BCUT2D eigenvalue weighted by atomic mass is 32.1. The number of hydrogen-bond acceptors (Lipinski definition) is 5. The molecule has 0 spiro atoms. The van der Waals surface area contributed by atoms with Crippen LogP contribution in [0, 0.1) is 5.92 Å². The molecule has 1 fully saturated rings. The Kier molecular flexibility index (Phi) is 5.32. The number of alkyl halides is 3. The zero-order valence-electron chi connectivity index (χ0n) is 17.2. The molecule has 1 unspecified atom stereocenters. The molecule has 2 aliphatic heterocycles. The van der Waals surface area contributed by atoms with Crippen LogP contribution in [0.4, 0.5) is 19.0 Å². The zero-order chi connectivity index (χ0) is 21.7. The molecule has 3 atom stereocenters. The summed E-state index contributed by atoms with van der Waals surface area (Å²) >= 11 is 1.35. The summed E-state index contributed by atoms with van der Waals surface area (Å²) in [6, 6.07) is -0.314. The van der Waals surface area contributed by atoms with E-state index in [4.69, 9.17) is 0 Å². The van der Waals surface area contributed by atoms with Gasteiger partial charge >= 0.3 is 6.18 Å². The molecule has 0 bridgehead atoms. The lowest BCUT2D eigenvalue weighted by Gasteiger charge is -2.41. The smallest absolute Gasteiger partial charge is 0.367 e. The molecule has 0 saturated carbocycles. The third-order valence-electron chi connectivity index (χ3n) is 5.95. The summed E-state index contributed by atoms with van der Waals surface area (Å²) in [4.78, 5) is 18.5. The van der Waals surface area contributed by atoms with Crippen LogP contribution < -0.4 is 5.32 Å². The lowest BCUT2D eigenvalue weighted by atomic mass is 9.85. The van der Waals surface area contributed by atoms with Gasteiger partial charge in [0.25, 0.3) is 5.91 Å². The van der Waals surface area contributed by atoms with Gasteiger partial charge in [-0.3, -0.25) is 4.79 Å². The molecular formula is C20H26F3N5OS. The number of hydrogen-bond donors (Lipinski definition) is 1. The summed E-state index contributed by atoms with van der Waals surface area (Å²) in [5.41, 5.74) is 2.29. The van der Waals surface area contributed by atoms with Gasteiger partial charge < -0.3 is 10.2 Å². The van der Waals surface area contributed by atoms with Crippen molar-refractivity contribution in [3.8, 4) is 0 Å². The fraction of sp³-hybridized carbons (Fsp3) is 0.650. The van der Waals surface area contributed by atoms with Crippen molar-refractivity contribution in [3.05, 3.63) is 28.3 Å². The van der Waals surface area contributed by atoms with Gasteiger partial charge in [0.1, 0.15) is 11.5 Å². The van der Waals surface area contributed by atoms with E-state index in [-0.39, 0.29) is 29.7 Å². The number of likely N-dealkylation sites (tertiary alicyclic amines) is 1. The van der Waals surface area contributed by atoms with E-state index in [1.54, 1.807) is 21.9 Å². The van der Waals surface area contributed by atoms with Crippen LogP contribution in [0.3, 0.4) is 0 Å². The molecule has 10 heteroatoms. The lowest BCUT2D eigenvalue weighted by Crippen LogP contribution is -2.49. The number of halogens is 3. The third kappa shape index (κ3) is 4.06. The van der Waals surface area contributed by atoms with Crippen molar-refractivity contribution >= 4 is 23.1 Å². The second-order valence-corrected chi connectivity index (χ2v) is 9.90. The monoisotopic (exact) mass is 441 g/mol. The molecule has 2 aromatic heterocycles. The van der Waals surface area contributed by atoms with Gasteiger partial charge in [0.2, 0.25) is 0 Å². The van der Waals surface area contributed by atoms with Crippen LogP contribution in [0.1, 0.15) is 62.3 Å². The number of amides is 1. The summed E-state index contributed by atoms with van der Waals surface area (Å²) in [5.74, 6) is 0.193. The molecule has 0 radical (unpaired) electrons. The van der Waals surface area contributed by atoms with E-state index in [1.165, 1.54) is 11.3 Å². The van der Waals surface area contributed by atoms with Crippen molar-refractivity contribution in [1.82, 2.24) is 19.7 Å². The Morgan fingerprint density at radius 2 is 2.07 bits per heavy atom. The highest BCUT2D eigenvalue weighted by Crippen LogP contribution is 2.43. The third-order valence-corrected chi connectivity index (χ3v) is 6.54. The Balaban J connectivity index is 1.57. The van der Waals surface area contributed by atoms with E-state index < -0.39 is 12.2 Å². The molecule has 6 nitrogen and oxygen atoms in total. The van der Waals surface area contributed by atoms with Crippen LogP contribution in [0.25, 0.3) is 0 Å². The van der Waals surface area contributed by atoms with Crippen LogP contribution in [0.2, 0.25) is 0 Å². The number of fused-ring (bicyclic) bond motifs is 1. The fourth-order valence-electron chi connectivity index (χ4n) is 4.28. The molecule has 2 aliphatic rings. The topological polar surface area (TPSA) is 63.1 Å². The van der Waals surface area contributed by atoms with Crippen LogP contribution >= 0.6 is 11.3 Å². The Bertz CT molecular complexity index is 903. The van der Waals surface area contributed by atoms with Crippen LogP contribution in [-0.2, 0) is 5.41 Å². The average molecular weight is 442 g/mol. The minimum absolute atomic E-state index is 0.0621. The molecule has 0 aliphatic carbocycles. The number of nitrogens with zero attached hydrogens (tertiary/aromatic N) is 4. The Hall–Kier alpha value is -2.10. The van der Waals surface area contributed by atoms with Gasteiger partial charge in [0, 0.05) is 36.0 Å². The highest BCUT2D eigenvalue weighted by molar-refractivity contribution is 7.07. The van der Waals surface area contributed by atoms with E-state index in [0.29, 0.717) is 30.3 Å². The second-order valence-electron chi connectivity index (χ2n) is 9.18. The maximum Gasteiger partial charge on any atom is 0.410 e. The summed E-state index contributed by atoms with van der Waals surface area (Å²) in [6.07, 6.45) is -2.93. The van der Waals surface area contributed by atoms with Crippen molar-refractivity contribution in [2.75, 3.05) is 18.4 Å². The quantitative estimate of drug-likeness (QED) is 0.747. The first-order valence-corrected chi connectivity index (χ1v) is 11.1. The Labute approximate surface area is 177 Å². The van der Waals surface area contributed by atoms with Crippen molar-refractivity contribution in [3.63, 3.8) is 0 Å². The predicted octanol–water partition coefficient (Wildman–Crippen LogP) is 4.48. The number of piperidine rings is 1. The predicted molar refractivity (Wildman–Crippen MR) is 109 cm³/mol. The number of carbonyl (C=O) groups excluding carboxylic acids is 1. The van der Waals surface area contributed by atoms with Gasteiger partial charge in [0.05, 0.1) is 11.2 Å². The van der Waals surface area contributed by atoms with Gasteiger partial charge in [-0.1, -0.05) is 20.8 Å². The first-order chi connectivity index (χ1) is 14.0. The number of anilines is 1. The number of rotatable bonds is 2. The van der Waals surface area contributed by atoms with E-state index in [2.05, 4.69) is 15.4 Å². The van der Waals surface area contributed by atoms with Crippen molar-refractivity contribution in [1.29, 1.82) is 0 Å². The summed E-state index contributed by atoms with van der Waals surface area (Å²) in [5, 5.41) is 9.30. The zero-order valence-corrected chi connectivity index (χ0v) is 18.1. The SMILES string of the molecule is CC(C)(C)c1cc2n(n1)[C@@H](C(F)(F)F)C[C@@H](C1CCCN(C(=O)c3cscn3)C1)N2. The van der Waals surface area contributed by atoms with E-state index >= 15 is 0 Å². The maximum atomic E-state index is 13.9. The van der Waals surface area contributed by atoms with Gasteiger partial charge in [-0.05, 0) is 25.2 Å². The van der Waals surface area contributed by atoms with Crippen LogP contribution in [0.15, 0.2) is 17.0 Å². The first kappa shape index (κ1) is 21.1. The molecule has 164 valence electrons. The van der Waals surface area contributed by atoms with E-state index in [1.807, 2.05) is 20.8 Å². The van der Waals surface area contributed by atoms with Crippen LogP contribution in [0.5, 0.6) is 0 Å². The summed E-state index contributed by atoms with van der Waals surface area (Å²) in [6.45, 7) is 6.84. The molecule has 30 heavy (non-hydrogen) atoms. The van der Waals surface area contributed by atoms with E-state index in [9.17, 15) is 18.0 Å². The van der Waals surface area contributed by atoms with Gasteiger partial charge in [-0.15, -0.1) is 11.3 Å². The van der Waals surface area contributed by atoms with Crippen LogP contribution in [-0.4, -0.2) is 50.9 Å². The summed E-state index contributed by atoms with van der Waals surface area (Å²) < 4.78 is 42.8. The highest BCUT2D eigenvalue weighted by Gasteiger charge is 2.48. The largest absolute Gasteiger partial charge is 0.410 e. The number of thiazole rings is 1. The Morgan fingerprint density at radius 1 is 1.30 bits per heavy atom. The van der Waals surface area contributed by atoms with Crippen molar-refractivity contribution in [2.45, 2.75) is 63.7 Å². The molecule has 1 N–H and O–H groups in total. The molecule has 4 rings (SSSR count). The van der Waals surface area contributed by atoms with E-state index in [0.717, 1.165) is 17.5 Å². The molecule has 1 saturated heterocycles. The van der Waals surface area contributed by atoms with Gasteiger partial charge in [-0.2, -0.15) is 18.3 Å². The average Bonchev–Trinajstić information content (AvgIpc) is 3.35. The number of aromatic nitrogens is 3. The molecular weight excluding hydrogens is 415 g/mol. The maximum absolute atomic E-state index is 13.9. The molecule has 0 aromatic carbocycles.